The van der Waals surface area contributed by atoms with Gasteiger partial charge in [0.1, 0.15) is 4.88 Å². The molecule has 20 heavy (non-hydrogen) atoms. The third-order valence-corrected chi connectivity index (χ3v) is 3.93. The van der Waals surface area contributed by atoms with Gasteiger partial charge < -0.3 is 15.0 Å². The number of rotatable bonds is 4. The summed E-state index contributed by atoms with van der Waals surface area (Å²) in [7, 11) is 0. The number of hydrogen-bond acceptors (Lipinski definition) is 7. The Kier molecular flexibility index (Phi) is 4.33. The molecule has 7 nitrogen and oxygen atoms in total. The van der Waals surface area contributed by atoms with Gasteiger partial charge in [0.2, 0.25) is 5.91 Å². The molecule has 1 N–H and O–H groups in total. The summed E-state index contributed by atoms with van der Waals surface area (Å²) in [5.74, 6) is -0.951. The number of amides is 1. The van der Waals surface area contributed by atoms with Crippen LogP contribution >= 0.6 is 11.3 Å². The first kappa shape index (κ1) is 14.4. The second kappa shape index (κ2) is 6.00. The number of hydrogen-bond donors (Lipinski definition) is 1. The van der Waals surface area contributed by atoms with Crippen molar-refractivity contribution in [3.05, 3.63) is 10.6 Å². The minimum atomic E-state index is -0.610. The van der Waals surface area contributed by atoms with E-state index in [-0.39, 0.29) is 35.4 Å². The molecule has 1 saturated heterocycles. The van der Waals surface area contributed by atoms with Gasteiger partial charge in [-0.1, -0.05) is 11.3 Å². The lowest BCUT2D eigenvalue weighted by Crippen LogP contribution is -2.47. The van der Waals surface area contributed by atoms with E-state index >= 15 is 0 Å². The Bertz CT molecular complexity index is 555. The Balaban J connectivity index is 2.31. The topological polar surface area (TPSA) is 88.6 Å². The first-order chi connectivity index (χ1) is 9.52. The molecule has 108 valence electrons. The molecule has 0 aliphatic carbocycles. The van der Waals surface area contributed by atoms with Gasteiger partial charge in [0, 0.05) is 20.0 Å². The van der Waals surface area contributed by atoms with Crippen LogP contribution in [0.1, 0.15) is 34.0 Å². The summed E-state index contributed by atoms with van der Waals surface area (Å²) in [6.45, 7) is 4.57. The van der Waals surface area contributed by atoms with Crippen LogP contribution in [0.15, 0.2) is 0 Å². The molecule has 2 heterocycles. The van der Waals surface area contributed by atoms with Crippen molar-refractivity contribution in [3.8, 4) is 0 Å². The van der Waals surface area contributed by atoms with Crippen LogP contribution in [0.3, 0.4) is 0 Å². The Morgan fingerprint density at radius 3 is 2.85 bits per heavy atom. The lowest BCUT2D eigenvalue weighted by atomic mass is 10.3. The lowest BCUT2D eigenvalue weighted by molar-refractivity contribution is -0.120. The number of ether oxygens (including phenoxy) is 1. The predicted octanol–water partition coefficient (Wildman–Crippen LogP) is 0.459. The van der Waals surface area contributed by atoms with E-state index in [2.05, 4.69) is 10.3 Å². The van der Waals surface area contributed by atoms with Gasteiger partial charge in [0.05, 0.1) is 13.2 Å². The van der Waals surface area contributed by atoms with E-state index in [1.54, 1.807) is 11.8 Å². The normalized spacial score (nSPS) is 14.9. The maximum atomic E-state index is 11.8. The van der Waals surface area contributed by atoms with Gasteiger partial charge in [-0.25, -0.2) is 9.78 Å². The van der Waals surface area contributed by atoms with E-state index in [9.17, 15) is 14.4 Å². The Labute approximate surface area is 119 Å². The van der Waals surface area contributed by atoms with Gasteiger partial charge in [0.15, 0.2) is 16.6 Å². The van der Waals surface area contributed by atoms with Gasteiger partial charge in [-0.2, -0.15) is 0 Å². The Morgan fingerprint density at radius 1 is 1.50 bits per heavy atom. The molecule has 0 aromatic carbocycles. The number of esters is 1. The summed E-state index contributed by atoms with van der Waals surface area (Å²) in [5, 5.41) is 3.20. The van der Waals surface area contributed by atoms with Crippen LogP contribution in [-0.2, 0) is 9.53 Å². The van der Waals surface area contributed by atoms with Crippen LogP contribution in [0.25, 0.3) is 0 Å². The standard InChI is InChI=1S/C12H15N3O4S/c1-3-19-11(18)9-10(7(2)16)20-12(14-9)15-5-4-13-8(17)6-15/h3-6H2,1-2H3,(H,13,17). The lowest BCUT2D eigenvalue weighted by Gasteiger charge is -2.25. The van der Waals surface area contributed by atoms with Crippen LogP contribution < -0.4 is 10.2 Å². The number of thiazole rings is 1. The molecular weight excluding hydrogens is 282 g/mol. The molecule has 1 aromatic heterocycles. The zero-order valence-corrected chi connectivity index (χ0v) is 12.1. The quantitative estimate of drug-likeness (QED) is 0.641. The molecule has 2 rings (SSSR count). The van der Waals surface area contributed by atoms with Gasteiger partial charge in [0.25, 0.3) is 0 Å². The van der Waals surface area contributed by atoms with Crippen LogP contribution in [0, 0.1) is 0 Å². The zero-order chi connectivity index (χ0) is 14.7. The third-order valence-electron chi connectivity index (χ3n) is 2.71. The summed E-state index contributed by atoms with van der Waals surface area (Å²) in [4.78, 5) is 41.0. The number of aromatic nitrogens is 1. The van der Waals surface area contributed by atoms with Crippen molar-refractivity contribution < 1.29 is 19.1 Å². The smallest absolute Gasteiger partial charge is 0.358 e. The van der Waals surface area contributed by atoms with Crippen LogP contribution in [-0.4, -0.2) is 48.9 Å². The van der Waals surface area contributed by atoms with Crippen LogP contribution in [0.4, 0.5) is 5.13 Å². The van der Waals surface area contributed by atoms with Crippen molar-refractivity contribution >= 4 is 34.1 Å². The molecule has 1 aliphatic heterocycles. The second-order valence-corrected chi connectivity index (χ2v) is 5.20. The number of ketones is 1. The molecule has 0 spiro atoms. The van der Waals surface area contributed by atoms with E-state index < -0.39 is 5.97 Å². The fourth-order valence-electron chi connectivity index (χ4n) is 1.82. The number of piperazine rings is 1. The number of carbonyl (C=O) groups is 3. The number of anilines is 1. The molecule has 8 heteroatoms. The highest BCUT2D eigenvalue weighted by Gasteiger charge is 2.26. The largest absolute Gasteiger partial charge is 0.461 e. The van der Waals surface area contributed by atoms with Crippen molar-refractivity contribution in [2.75, 3.05) is 31.1 Å². The summed E-state index contributed by atoms with van der Waals surface area (Å²) in [6, 6.07) is 0. The van der Waals surface area contributed by atoms with Crippen molar-refractivity contribution in [2.24, 2.45) is 0 Å². The second-order valence-electron chi connectivity index (χ2n) is 4.22. The average Bonchev–Trinajstić information content (AvgIpc) is 2.84. The zero-order valence-electron chi connectivity index (χ0n) is 11.3. The molecule has 1 fully saturated rings. The summed E-state index contributed by atoms with van der Waals surface area (Å²) < 4.78 is 4.90. The molecule has 0 atom stereocenters. The first-order valence-corrected chi connectivity index (χ1v) is 7.05. The maximum Gasteiger partial charge on any atom is 0.358 e. The number of carbonyl (C=O) groups excluding carboxylic acids is 3. The minimum Gasteiger partial charge on any atom is -0.461 e. The highest BCUT2D eigenvalue weighted by Crippen LogP contribution is 2.27. The van der Waals surface area contributed by atoms with E-state index in [0.29, 0.717) is 18.2 Å². The van der Waals surface area contributed by atoms with Gasteiger partial charge in [-0.15, -0.1) is 0 Å². The van der Waals surface area contributed by atoms with Gasteiger partial charge in [-0.05, 0) is 6.92 Å². The fourth-order valence-corrected chi connectivity index (χ4v) is 2.80. The van der Waals surface area contributed by atoms with Crippen molar-refractivity contribution in [3.63, 3.8) is 0 Å². The summed E-state index contributed by atoms with van der Waals surface area (Å²) in [6.07, 6.45) is 0. The monoisotopic (exact) mass is 297 g/mol. The Hall–Kier alpha value is -1.96. The van der Waals surface area contributed by atoms with Crippen LogP contribution in [0.2, 0.25) is 0 Å². The van der Waals surface area contributed by atoms with Crippen molar-refractivity contribution in [2.45, 2.75) is 13.8 Å². The average molecular weight is 297 g/mol. The summed E-state index contributed by atoms with van der Waals surface area (Å²) in [5.41, 5.74) is 0.0327. The highest BCUT2D eigenvalue weighted by atomic mass is 32.1. The molecule has 0 radical (unpaired) electrons. The number of Topliss-reactive ketones (excluding diaryl/α,β-unsaturated/α-hetero) is 1. The molecule has 0 saturated carbocycles. The molecule has 1 amide bonds. The third kappa shape index (κ3) is 2.96. The van der Waals surface area contributed by atoms with Crippen LogP contribution in [0.5, 0.6) is 0 Å². The SMILES string of the molecule is CCOC(=O)c1nc(N2CCNC(=O)C2)sc1C(C)=O. The van der Waals surface area contributed by atoms with Crippen molar-refractivity contribution in [1.29, 1.82) is 0 Å². The molecule has 1 aromatic rings. The van der Waals surface area contributed by atoms with Crippen molar-refractivity contribution in [1.82, 2.24) is 10.3 Å². The Morgan fingerprint density at radius 2 is 2.25 bits per heavy atom. The van der Waals surface area contributed by atoms with E-state index in [0.717, 1.165) is 11.3 Å². The number of nitrogens with one attached hydrogen (secondary N) is 1. The van der Waals surface area contributed by atoms with Gasteiger partial charge in [-0.3, -0.25) is 9.59 Å². The first-order valence-electron chi connectivity index (χ1n) is 6.23. The maximum absolute atomic E-state index is 11.8. The molecule has 1 aliphatic rings. The van der Waals surface area contributed by atoms with E-state index in [4.69, 9.17) is 4.74 Å². The van der Waals surface area contributed by atoms with E-state index in [1.807, 2.05) is 0 Å². The fraction of sp³-hybridized carbons (Fsp3) is 0.500. The van der Waals surface area contributed by atoms with E-state index in [1.165, 1.54) is 6.92 Å². The summed E-state index contributed by atoms with van der Waals surface area (Å²) >= 11 is 1.11. The van der Waals surface area contributed by atoms with Gasteiger partial charge >= 0.3 is 5.97 Å². The molecule has 0 unspecified atom stereocenters. The molecular formula is C12H15N3O4S. The predicted molar refractivity (Wildman–Crippen MR) is 73.3 cm³/mol. The molecule has 0 bridgehead atoms. The number of nitrogens with zero attached hydrogens (tertiary/aromatic N) is 2. The highest BCUT2D eigenvalue weighted by molar-refractivity contribution is 7.17. The minimum absolute atomic E-state index is 0.0327.